The third-order valence-electron chi connectivity index (χ3n) is 11.0. The fraction of sp³-hybridized carbons (Fsp3) is 0.932. The number of aliphatic hydroxyl groups excluding tert-OH is 6. The van der Waals surface area contributed by atoms with Crippen LogP contribution < -0.4 is 5.32 Å². The van der Waals surface area contributed by atoms with Crippen LogP contribution in [-0.4, -0.2) is 98.7 Å². The van der Waals surface area contributed by atoms with E-state index in [2.05, 4.69) is 19.2 Å². The highest BCUT2D eigenvalue weighted by molar-refractivity contribution is 5.80. The summed E-state index contributed by atoms with van der Waals surface area (Å²) in [5, 5.41) is 64.5. The molecule has 8 atom stereocenters. The topological polar surface area (TPSA) is 169 Å². The Morgan fingerprint density at radius 2 is 1.06 bits per heavy atom. The van der Waals surface area contributed by atoms with Gasteiger partial charge in [0, 0.05) is 0 Å². The number of nitrogens with one attached hydrogen (secondary N) is 1. The van der Waals surface area contributed by atoms with Gasteiger partial charge in [-0.3, -0.25) is 4.79 Å². The van der Waals surface area contributed by atoms with E-state index in [9.17, 15) is 35.4 Å². The van der Waals surface area contributed by atoms with Gasteiger partial charge in [0.15, 0.2) is 6.29 Å². The number of ether oxygens (including phenoxy) is 2. The molecule has 54 heavy (non-hydrogen) atoms. The van der Waals surface area contributed by atoms with Gasteiger partial charge in [-0.1, -0.05) is 193 Å². The van der Waals surface area contributed by atoms with Crippen molar-refractivity contribution in [2.24, 2.45) is 0 Å². The van der Waals surface area contributed by atoms with E-state index in [4.69, 9.17) is 9.47 Å². The van der Waals surface area contributed by atoms with Crippen LogP contribution in [0.25, 0.3) is 0 Å². The lowest BCUT2D eigenvalue weighted by Gasteiger charge is -2.40. The van der Waals surface area contributed by atoms with Crippen LogP contribution in [0.3, 0.4) is 0 Å². The van der Waals surface area contributed by atoms with E-state index in [0.717, 1.165) is 44.9 Å². The van der Waals surface area contributed by atoms with Crippen LogP contribution in [0.15, 0.2) is 12.2 Å². The summed E-state index contributed by atoms with van der Waals surface area (Å²) in [7, 11) is 0. The molecule has 0 aromatic rings. The molecule has 7 N–H and O–H groups in total. The summed E-state index contributed by atoms with van der Waals surface area (Å²) in [6.45, 7) is 3.59. The number of unbranched alkanes of at least 4 members (excludes halogenated alkanes) is 26. The predicted molar refractivity (Wildman–Crippen MR) is 218 cm³/mol. The van der Waals surface area contributed by atoms with Gasteiger partial charge in [0.25, 0.3) is 0 Å². The van der Waals surface area contributed by atoms with Crippen LogP contribution in [0.1, 0.15) is 200 Å². The fourth-order valence-electron chi connectivity index (χ4n) is 7.22. The van der Waals surface area contributed by atoms with Crippen molar-refractivity contribution in [2.45, 2.75) is 249 Å². The van der Waals surface area contributed by atoms with E-state index >= 15 is 0 Å². The van der Waals surface area contributed by atoms with Gasteiger partial charge in [0.05, 0.1) is 25.4 Å². The predicted octanol–water partition coefficient (Wildman–Crippen LogP) is 7.92. The molecular weight excluding hydrogens is 686 g/mol. The molecule has 1 heterocycles. The zero-order valence-electron chi connectivity index (χ0n) is 34.6. The van der Waals surface area contributed by atoms with Gasteiger partial charge in [-0.2, -0.15) is 0 Å². The van der Waals surface area contributed by atoms with E-state index in [1.807, 2.05) is 6.08 Å². The van der Waals surface area contributed by atoms with Crippen molar-refractivity contribution in [2.75, 3.05) is 13.2 Å². The molecule has 10 heteroatoms. The highest BCUT2D eigenvalue weighted by atomic mass is 16.7. The van der Waals surface area contributed by atoms with Crippen molar-refractivity contribution in [3.63, 3.8) is 0 Å². The van der Waals surface area contributed by atoms with Gasteiger partial charge < -0.3 is 45.4 Å². The first-order chi connectivity index (χ1) is 26.3. The average molecular weight is 772 g/mol. The summed E-state index contributed by atoms with van der Waals surface area (Å²) in [5.74, 6) is -0.615. The Labute approximate surface area is 329 Å². The number of hydrogen-bond donors (Lipinski definition) is 7. The van der Waals surface area contributed by atoms with Gasteiger partial charge in [0.2, 0.25) is 5.91 Å². The summed E-state index contributed by atoms with van der Waals surface area (Å²) in [6.07, 6.45) is 28.7. The first-order valence-corrected chi connectivity index (χ1v) is 22.5. The molecule has 1 aliphatic heterocycles. The number of amides is 1. The van der Waals surface area contributed by atoms with Crippen LogP contribution >= 0.6 is 0 Å². The SMILES string of the molecule is CCCCCCCCCCC/C=C/C(O)C(COC1OC(CO)C(O)C(O)C1O)NC(=O)C(O)CCCCCCCCCCCCCCCCCCCC. The average Bonchev–Trinajstić information content (AvgIpc) is 3.17. The maximum Gasteiger partial charge on any atom is 0.249 e. The summed E-state index contributed by atoms with van der Waals surface area (Å²) < 4.78 is 11.1. The van der Waals surface area contributed by atoms with Gasteiger partial charge in [0.1, 0.15) is 30.5 Å². The quantitative estimate of drug-likeness (QED) is 0.0245. The number of hydrogen-bond acceptors (Lipinski definition) is 9. The highest BCUT2D eigenvalue weighted by Crippen LogP contribution is 2.23. The Bertz CT molecular complexity index is 875. The summed E-state index contributed by atoms with van der Waals surface area (Å²) in [5.41, 5.74) is 0. The Kier molecular flexibility index (Phi) is 33.1. The van der Waals surface area contributed by atoms with Crippen LogP contribution in [0, 0.1) is 0 Å². The van der Waals surface area contributed by atoms with Crippen LogP contribution in [0.4, 0.5) is 0 Å². The lowest BCUT2D eigenvalue weighted by atomic mass is 9.99. The van der Waals surface area contributed by atoms with Gasteiger partial charge >= 0.3 is 0 Å². The molecule has 1 rings (SSSR count). The molecule has 1 aliphatic rings. The normalized spacial score (nSPS) is 22.1. The highest BCUT2D eigenvalue weighted by Gasteiger charge is 2.44. The smallest absolute Gasteiger partial charge is 0.249 e. The molecule has 10 nitrogen and oxygen atoms in total. The number of carbonyl (C=O) groups is 1. The maximum atomic E-state index is 13.0. The van der Waals surface area contributed by atoms with Crippen molar-refractivity contribution >= 4 is 5.91 Å². The van der Waals surface area contributed by atoms with E-state index in [1.165, 1.54) is 135 Å². The number of rotatable bonds is 37. The molecule has 8 unspecified atom stereocenters. The van der Waals surface area contributed by atoms with Crippen molar-refractivity contribution in [1.82, 2.24) is 5.32 Å². The molecule has 1 amide bonds. The van der Waals surface area contributed by atoms with Crippen molar-refractivity contribution in [3.8, 4) is 0 Å². The van der Waals surface area contributed by atoms with Crippen LogP contribution in [-0.2, 0) is 14.3 Å². The number of aliphatic hydroxyl groups is 6. The van der Waals surface area contributed by atoms with Crippen LogP contribution in [0.2, 0.25) is 0 Å². The number of allylic oxidation sites excluding steroid dienone is 1. The lowest BCUT2D eigenvalue weighted by Crippen LogP contribution is -2.60. The van der Waals surface area contributed by atoms with Gasteiger partial charge in [-0.05, 0) is 19.3 Å². The van der Waals surface area contributed by atoms with Gasteiger partial charge in [-0.15, -0.1) is 0 Å². The molecular formula is C44H85NO9. The monoisotopic (exact) mass is 772 g/mol. The summed E-state index contributed by atoms with van der Waals surface area (Å²) in [4.78, 5) is 13.0. The first-order valence-electron chi connectivity index (χ1n) is 22.5. The van der Waals surface area contributed by atoms with Crippen LogP contribution in [0.5, 0.6) is 0 Å². The Hall–Kier alpha value is -1.11. The van der Waals surface area contributed by atoms with Crippen molar-refractivity contribution < 1.29 is 44.9 Å². The Morgan fingerprint density at radius 1 is 0.630 bits per heavy atom. The minimum atomic E-state index is -1.61. The molecule has 0 spiro atoms. The molecule has 320 valence electrons. The fourth-order valence-corrected chi connectivity index (χ4v) is 7.22. The minimum absolute atomic E-state index is 0.302. The molecule has 0 aromatic heterocycles. The second-order valence-corrected chi connectivity index (χ2v) is 16.0. The lowest BCUT2D eigenvalue weighted by molar-refractivity contribution is -0.302. The molecule has 0 bridgehead atoms. The van der Waals surface area contributed by atoms with Gasteiger partial charge in [-0.25, -0.2) is 0 Å². The molecule has 1 fully saturated rings. The standard InChI is InChI=1S/C44H85NO9/c1-3-5-7-9-11-13-15-16-17-18-19-20-21-23-25-27-29-31-33-38(48)43(52)45-36(35-53-44-42(51)41(50)40(49)39(34-46)54-44)37(47)32-30-28-26-24-22-14-12-10-8-6-4-2/h30,32,36-42,44,46-51H,3-29,31,33-35H2,1-2H3,(H,45,52)/b32-30+. The van der Waals surface area contributed by atoms with E-state index in [-0.39, 0.29) is 6.61 Å². The number of carbonyl (C=O) groups excluding carboxylic acids is 1. The summed E-state index contributed by atoms with van der Waals surface area (Å²) >= 11 is 0. The second kappa shape index (κ2) is 35.1. The molecule has 0 radical (unpaired) electrons. The minimum Gasteiger partial charge on any atom is -0.394 e. The Morgan fingerprint density at radius 3 is 1.50 bits per heavy atom. The first kappa shape index (κ1) is 50.9. The zero-order chi connectivity index (χ0) is 39.7. The molecule has 0 aliphatic carbocycles. The largest absolute Gasteiger partial charge is 0.394 e. The molecule has 0 saturated carbocycles. The van der Waals surface area contributed by atoms with Crippen molar-refractivity contribution in [1.29, 1.82) is 0 Å². The second-order valence-electron chi connectivity index (χ2n) is 16.0. The van der Waals surface area contributed by atoms with E-state index in [1.54, 1.807) is 6.08 Å². The maximum absolute atomic E-state index is 13.0. The third-order valence-corrected chi connectivity index (χ3v) is 11.0. The summed E-state index contributed by atoms with van der Waals surface area (Å²) in [6, 6.07) is -0.973. The molecule has 0 aromatic carbocycles. The third kappa shape index (κ3) is 25.2. The molecule has 1 saturated heterocycles. The van der Waals surface area contributed by atoms with E-state index < -0.39 is 61.5 Å². The van der Waals surface area contributed by atoms with E-state index in [0.29, 0.717) is 6.42 Å². The van der Waals surface area contributed by atoms with Crippen molar-refractivity contribution in [3.05, 3.63) is 12.2 Å². The zero-order valence-corrected chi connectivity index (χ0v) is 34.6. The Balaban J connectivity index is 2.38.